The molecule has 3 nitrogen and oxygen atoms in total. The Balaban J connectivity index is 1.98. The van der Waals surface area contributed by atoms with E-state index in [0.29, 0.717) is 10.3 Å². The molecule has 1 heterocycles. The first kappa shape index (κ1) is 13.7. The zero-order valence-corrected chi connectivity index (χ0v) is 12.2. The minimum atomic E-state index is -0.303. The molecule has 3 rings (SSSR count). The molecule has 2 aromatic carbocycles. The Kier molecular flexibility index (Phi) is 3.66. The smallest absolute Gasteiger partial charge is 0.252 e. The summed E-state index contributed by atoms with van der Waals surface area (Å²) in [7, 11) is 1.72. The van der Waals surface area contributed by atoms with Gasteiger partial charge in [-0.1, -0.05) is 47.7 Å². The average molecular weight is 300 g/mol. The number of rotatable bonds is 2. The van der Waals surface area contributed by atoms with Crippen molar-refractivity contribution in [2.45, 2.75) is 6.42 Å². The van der Waals surface area contributed by atoms with E-state index in [4.69, 9.17) is 0 Å². The Morgan fingerprint density at radius 1 is 1.19 bits per heavy atom. The number of para-hydroxylation sites is 1. The van der Waals surface area contributed by atoms with Crippen LogP contribution in [0.1, 0.15) is 5.56 Å². The van der Waals surface area contributed by atoms with Crippen LogP contribution in [-0.4, -0.2) is 10.5 Å². The van der Waals surface area contributed by atoms with Crippen molar-refractivity contribution >= 4 is 27.5 Å². The fraction of sp³-hybridized carbons (Fsp3) is 0.125. The predicted molar refractivity (Wildman–Crippen MR) is 81.5 cm³/mol. The maximum absolute atomic E-state index is 13.8. The molecule has 106 valence electrons. The number of aryl methyl sites for hydroxylation is 1. The molecule has 0 fully saturated rings. The lowest BCUT2D eigenvalue weighted by atomic mass is 10.1. The second-order valence-electron chi connectivity index (χ2n) is 4.70. The standard InChI is InChI=1S/C16H13FN2OS/c1-19-15-12(17)8-5-9-13(15)21-16(19)18-14(20)10-11-6-3-2-4-7-11/h2-9H,10H2,1H3. The highest BCUT2D eigenvalue weighted by atomic mass is 32.1. The minimum Gasteiger partial charge on any atom is -0.317 e. The molecule has 21 heavy (non-hydrogen) atoms. The largest absolute Gasteiger partial charge is 0.317 e. The van der Waals surface area contributed by atoms with Gasteiger partial charge in [0.05, 0.1) is 16.6 Å². The average Bonchev–Trinajstić information content (AvgIpc) is 2.77. The third kappa shape index (κ3) is 2.78. The van der Waals surface area contributed by atoms with Gasteiger partial charge in [-0.05, 0) is 17.7 Å². The fourth-order valence-electron chi connectivity index (χ4n) is 2.18. The lowest BCUT2D eigenvalue weighted by molar-refractivity contribution is -0.117. The molecule has 0 bridgehead atoms. The first-order valence-corrected chi connectivity index (χ1v) is 7.32. The number of hydrogen-bond donors (Lipinski definition) is 0. The summed E-state index contributed by atoms with van der Waals surface area (Å²) in [5, 5.41) is 0. The third-order valence-electron chi connectivity index (χ3n) is 3.19. The molecule has 0 saturated heterocycles. The molecule has 3 aromatic rings. The zero-order chi connectivity index (χ0) is 14.8. The van der Waals surface area contributed by atoms with Gasteiger partial charge in [-0.25, -0.2) is 4.39 Å². The predicted octanol–water partition coefficient (Wildman–Crippen LogP) is 3.05. The molecule has 1 amide bonds. The summed E-state index contributed by atoms with van der Waals surface area (Å²) in [6, 6.07) is 14.3. The van der Waals surface area contributed by atoms with E-state index in [1.807, 2.05) is 36.4 Å². The monoisotopic (exact) mass is 300 g/mol. The number of hydrogen-bond acceptors (Lipinski definition) is 2. The normalized spacial score (nSPS) is 12.0. The van der Waals surface area contributed by atoms with Crippen LogP contribution in [-0.2, 0) is 18.3 Å². The van der Waals surface area contributed by atoms with Crippen LogP contribution in [0.3, 0.4) is 0 Å². The molecular weight excluding hydrogens is 287 g/mol. The summed E-state index contributed by atoms with van der Waals surface area (Å²) < 4.78 is 16.2. The van der Waals surface area contributed by atoms with Gasteiger partial charge in [-0.3, -0.25) is 4.79 Å². The molecule has 0 N–H and O–H groups in total. The van der Waals surface area contributed by atoms with Crippen molar-refractivity contribution in [1.29, 1.82) is 0 Å². The van der Waals surface area contributed by atoms with E-state index in [1.54, 1.807) is 17.7 Å². The number of aromatic nitrogens is 1. The van der Waals surface area contributed by atoms with E-state index in [9.17, 15) is 9.18 Å². The maximum Gasteiger partial charge on any atom is 0.252 e. The summed E-state index contributed by atoms with van der Waals surface area (Å²) >= 11 is 1.31. The van der Waals surface area contributed by atoms with Gasteiger partial charge in [0.25, 0.3) is 5.91 Å². The first-order chi connectivity index (χ1) is 10.1. The zero-order valence-electron chi connectivity index (χ0n) is 11.4. The number of thiazole rings is 1. The van der Waals surface area contributed by atoms with E-state index in [0.717, 1.165) is 10.3 Å². The number of benzene rings is 2. The first-order valence-electron chi connectivity index (χ1n) is 6.50. The van der Waals surface area contributed by atoms with E-state index in [2.05, 4.69) is 4.99 Å². The Hall–Kier alpha value is -2.27. The summed E-state index contributed by atoms with van der Waals surface area (Å²) in [4.78, 5) is 16.6. The van der Waals surface area contributed by atoms with Crippen molar-refractivity contribution in [3.05, 3.63) is 64.7 Å². The summed E-state index contributed by atoms with van der Waals surface area (Å²) in [5.74, 6) is -0.535. The Morgan fingerprint density at radius 2 is 1.95 bits per heavy atom. The van der Waals surface area contributed by atoms with Crippen LogP contribution < -0.4 is 4.80 Å². The summed E-state index contributed by atoms with van der Waals surface area (Å²) in [5.41, 5.74) is 1.40. The van der Waals surface area contributed by atoms with Gasteiger partial charge in [0.2, 0.25) is 0 Å². The van der Waals surface area contributed by atoms with Crippen molar-refractivity contribution in [3.8, 4) is 0 Å². The van der Waals surface area contributed by atoms with E-state index in [1.165, 1.54) is 17.4 Å². The summed E-state index contributed by atoms with van der Waals surface area (Å²) in [6.45, 7) is 0. The van der Waals surface area contributed by atoms with Crippen LogP contribution in [0, 0.1) is 5.82 Å². The van der Waals surface area contributed by atoms with Crippen molar-refractivity contribution in [1.82, 2.24) is 4.57 Å². The van der Waals surface area contributed by atoms with Gasteiger partial charge in [-0.2, -0.15) is 4.99 Å². The van der Waals surface area contributed by atoms with Gasteiger partial charge in [0.15, 0.2) is 4.80 Å². The molecule has 0 aliphatic heterocycles. The Labute approximate surface area is 125 Å². The van der Waals surface area contributed by atoms with Crippen molar-refractivity contribution in [3.63, 3.8) is 0 Å². The quantitative estimate of drug-likeness (QED) is 0.716. The number of amides is 1. The number of carbonyl (C=O) groups is 1. The molecule has 0 radical (unpaired) electrons. The SMILES string of the molecule is Cn1c(=NC(=O)Cc2ccccc2)sc2cccc(F)c21. The van der Waals surface area contributed by atoms with Crippen LogP contribution >= 0.6 is 11.3 Å². The molecule has 0 spiro atoms. The van der Waals surface area contributed by atoms with Gasteiger partial charge >= 0.3 is 0 Å². The highest BCUT2D eigenvalue weighted by Crippen LogP contribution is 2.19. The molecule has 0 aliphatic rings. The van der Waals surface area contributed by atoms with Crippen LogP contribution in [0.2, 0.25) is 0 Å². The van der Waals surface area contributed by atoms with Gasteiger partial charge in [0, 0.05) is 7.05 Å². The molecule has 5 heteroatoms. The van der Waals surface area contributed by atoms with Crippen LogP contribution in [0.5, 0.6) is 0 Å². The van der Waals surface area contributed by atoms with Gasteiger partial charge < -0.3 is 4.57 Å². The van der Waals surface area contributed by atoms with E-state index < -0.39 is 0 Å². The second-order valence-corrected chi connectivity index (χ2v) is 5.71. The highest BCUT2D eigenvalue weighted by Gasteiger charge is 2.09. The number of fused-ring (bicyclic) bond motifs is 1. The van der Waals surface area contributed by atoms with Gasteiger partial charge in [0.1, 0.15) is 5.82 Å². The lowest BCUT2D eigenvalue weighted by Crippen LogP contribution is -2.14. The molecule has 1 aromatic heterocycles. The van der Waals surface area contributed by atoms with Crippen LogP contribution in [0.4, 0.5) is 4.39 Å². The summed E-state index contributed by atoms with van der Waals surface area (Å²) in [6.07, 6.45) is 0.248. The van der Waals surface area contributed by atoms with E-state index in [-0.39, 0.29) is 18.1 Å². The van der Waals surface area contributed by atoms with Crippen molar-refractivity contribution in [2.24, 2.45) is 12.0 Å². The molecule has 0 unspecified atom stereocenters. The number of carbonyl (C=O) groups excluding carboxylic acids is 1. The lowest BCUT2D eigenvalue weighted by Gasteiger charge is -1.97. The Morgan fingerprint density at radius 3 is 2.67 bits per heavy atom. The van der Waals surface area contributed by atoms with Gasteiger partial charge in [-0.15, -0.1) is 0 Å². The topological polar surface area (TPSA) is 34.4 Å². The van der Waals surface area contributed by atoms with Crippen molar-refractivity contribution < 1.29 is 9.18 Å². The molecule has 0 saturated carbocycles. The Bertz CT molecular complexity index is 865. The maximum atomic E-state index is 13.8. The van der Waals surface area contributed by atoms with Crippen LogP contribution in [0.15, 0.2) is 53.5 Å². The fourth-order valence-corrected chi connectivity index (χ4v) is 3.23. The minimum absolute atomic E-state index is 0.233. The highest BCUT2D eigenvalue weighted by molar-refractivity contribution is 7.16. The molecule has 0 aliphatic carbocycles. The molecular formula is C16H13FN2OS. The van der Waals surface area contributed by atoms with Crippen molar-refractivity contribution in [2.75, 3.05) is 0 Å². The van der Waals surface area contributed by atoms with E-state index >= 15 is 0 Å². The number of halogens is 1. The number of nitrogens with zero attached hydrogens (tertiary/aromatic N) is 2. The third-order valence-corrected chi connectivity index (χ3v) is 4.29. The molecule has 0 atom stereocenters. The second kappa shape index (κ2) is 5.61. The van der Waals surface area contributed by atoms with Crippen LogP contribution in [0.25, 0.3) is 10.2 Å².